The first-order valence-corrected chi connectivity index (χ1v) is 6.98. The first-order valence-electron chi connectivity index (χ1n) is 6.98. The quantitative estimate of drug-likeness (QED) is 0.783. The van der Waals surface area contributed by atoms with Gasteiger partial charge in [0, 0.05) is 12.2 Å². The Morgan fingerprint density at radius 3 is 2.77 bits per heavy atom. The molecule has 0 aliphatic carbocycles. The first kappa shape index (κ1) is 14.1. The number of anilines is 1. The molecule has 0 atom stereocenters. The number of aromatic nitrogens is 4. The minimum Gasteiger partial charge on any atom is -0.497 e. The van der Waals surface area contributed by atoms with Crippen molar-refractivity contribution >= 4 is 5.69 Å². The van der Waals surface area contributed by atoms with E-state index in [-0.39, 0.29) is 0 Å². The molecule has 1 aromatic heterocycles. The van der Waals surface area contributed by atoms with E-state index in [9.17, 15) is 0 Å². The van der Waals surface area contributed by atoms with Gasteiger partial charge in [0.05, 0.1) is 12.8 Å². The van der Waals surface area contributed by atoms with Crippen LogP contribution in [-0.2, 0) is 6.54 Å². The molecule has 22 heavy (non-hydrogen) atoms. The lowest BCUT2D eigenvalue weighted by Gasteiger charge is -2.09. The molecule has 3 rings (SSSR count). The highest BCUT2D eigenvalue weighted by molar-refractivity contribution is 5.51. The zero-order valence-electron chi connectivity index (χ0n) is 12.5. The van der Waals surface area contributed by atoms with Crippen LogP contribution in [0.3, 0.4) is 0 Å². The maximum Gasteiger partial charge on any atom is 0.153 e. The Balaban J connectivity index is 1.74. The highest BCUT2D eigenvalue weighted by Crippen LogP contribution is 2.17. The molecule has 2 aromatic carbocycles. The number of nitrogens with one attached hydrogen (secondary N) is 1. The molecule has 0 saturated carbocycles. The SMILES string of the molecule is COc1cccc(CNc2cccc(-n3nnnc3C)c2)c1. The fourth-order valence-corrected chi connectivity index (χ4v) is 2.20. The molecule has 0 bridgehead atoms. The van der Waals surface area contributed by atoms with Gasteiger partial charge in [-0.05, 0) is 53.2 Å². The summed E-state index contributed by atoms with van der Waals surface area (Å²) in [5.74, 6) is 1.61. The van der Waals surface area contributed by atoms with Crippen molar-refractivity contribution < 1.29 is 4.74 Å². The van der Waals surface area contributed by atoms with E-state index in [4.69, 9.17) is 4.74 Å². The first-order chi connectivity index (χ1) is 10.8. The van der Waals surface area contributed by atoms with Crippen LogP contribution in [0.5, 0.6) is 5.75 Å². The molecule has 6 nitrogen and oxygen atoms in total. The van der Waals surface area contributed by atoms with Crippen LogP contribution in [-0.4, -0.2) is 27.3 Å². The van der Waals surface area contributed by atoms with Gasteiger partial charge in [0.1, 0.15) is 5.75 Å². The number of methoxy groups -OCH3 is 1. The van der Waals surface area contributed by atoms with Crippen LogP contribution < -0.4 is 10.1 Å². The second kappa shape index (κ2) is 6.26. The standard InChI is InChI=1S/C16H17N5O/c1-12-18-19-20-21(12)15-7-4-6-14(10-15)17-11-13-5-3-8-16(9-13)22-2/h3-10,17H,11H2,1-2H3. The Hall–Kier alpha value is -2.89. The van der Waals surface area contributed by atoms with Crippen molar-refractivity contribution in [2.75, 3.05) is 12.4 Å². The van der Waals surface area contributed by atoms with E-state index in [1.54, 1.807) is 11.8 Å². The van der Waals surface area contributed by atoms with E-state index >= 15 is 0 Å². The van der Waals surface area contributed by atoms with Crippen LogP contribution in [0, 0.1) is 6.92 Å². The highest BCUT2D eigenvalue weighted by Gasteiger charge is 2.04. The van der Waals surface area contributed by atoms with Crippen molar-refractivity contribution in [3.05, 3.63) is 59.9 Å². The van der Waals surface area contributed by atoms with Crippen LogP contribution >= 0.6 is 0 Å². The zero-order chi connectivity index (χ0) is 15.4. The van der Waals surface area contributed by atoms with E-state index in [2.05, 4.69) is 26.9 Å². The Kier molecular flexibility index (Phi) is 4.00. The van der Waals surface area contributed by atoms with Crippen molar-refractivity contribution in [1.29, 1.82) is 0 Å². The number of aryl methyl sites for hydroxylation is 1. The molecule has 0 radical (unpaired) electrons. The zero-order valence-corrected chi connectivity index (χ0v) is 12.5. The fourth-order valence-electron chi connectivity index (χ4n) is 2.20. The van der Waals surface area contributed by atoms with E-state index in [0.717, 1.165) is 35.1 Å². The van der Waals surface area contributed by atoms with Crippen LogP contribution in [0.25, 0.3) is 5.69 Å². The maximum atomic E-state index is 5.23. The Morgan fingerprint density at radius 1 is 1.14 bits per heavy atom. The Morgan fingerprint density at radius 2 is 2.00 bits per heavy atom. The maximum absolute atomic E-state index is 5.23. The third-order valence-corrected chi connectivity index (χ3v) is 3.35. The average Bonchev–Trinajstić information content (AvgIpc) is 2.99. The van der Waals surface area contributed by atoms with Gasteiger partial charge in [-0.3, -0.25) is 0 Å². The molecule has 6 heteroatoms. The number of rotatable bonds is 5. The smallest absolute Gasteiger partial charge is 0.153 e. The minimum absolute atomic E-state index is 0.718. The average molecular weight is 295 g/mol. The third kappa shape index (κ3) is 3.06. The van der Waals surface area contributed by atoms with Gasteiger partial charge in [0.25, 0.3) is 0 Å². The lowest BCUT2D eigenvalue weighted by atomic mass is 10.2. The largest absolute Gasteiger partial charge is 0.497 e. The van der Waals surface area contributed by atoms with Crippen molar-refractivity contribution in [3.8, 4) is 11.4 Å². The molecular formula is C16H17N5O. The van der Waals surface area contributed by atoms with E-state index < -0.39 is 0 Å². The summed E-state index contributed by atoms with van der Waals surface area (Å²) in [5.41, 5.74) is 3.09. The number of benzene rings is 2. The number of nitrogens with zero attached hydrogens (tertiary/aromatic N) is 4. The van der Waals surface area contributed by atoms with Crippen LogP contribution in [0.2, 0.25) is 0 Å². The van der Waals surface area contributed by atoms with Gasteiger partial charge < -0.3 is 10.1 Å². The van der Waals surface area contributed by atoms with Gasteiger partial charge >= 0.3 is 0 Å². The third-order valence-electron chi connectivity index (χ3n) is 3.35. The summed E-state index contributed by atoms with van der Waals surface area (Å²) in [5, 5.41) is 14.9. The van der Waals surface area contributed by atoms with Crippen molar-refractivity contribution in [2.24, 2.45) is 0 Å². The molecule has 1 heterocycles. The van der Waals surface area contributed by atoms with Gasteiger partial charge in [0.15, 0.2) is 5.82 Å². The van der Waals surface area contributed by atoms with Crippen molar-refractivity contribution in [2.45, 2.75) is 13.5 Å². The van der Waals surface area contributed by atoms with Gasteiger partial charge in [0.2, 0.25) is 0 Å². The highest BCUT2D eigenvalue weighted by atomic mass is 16.5. The van der Waals surface area contributed by atoms with Gasteiger partial charge in [-0.25, -0.2) is 0 Å². The fraction of sp³-hybridized carbons (Fsp3) is 0.188. The summed E-state index contributed by atoms with van der Waals surface area (Å²) in [6.45, 7) is 2.59. The summed E-state index contributed by atoms with van der Waals surface area (Å²) < 4.78 is 6.94. The topological polar surface area (TPSA) is 64.9 Å². The van der Waals surface area contributed by atoms with Crippen LogP contribution in [0.4, 0.5) is 5.69 Å². The molecule has 0 unspecified atom stereocenters. The Bertz CT molecular complexity index is 768. The molecule has 0 aliphatic rings. The summed E-state index contributed by atoms with van der Waals surface area (Å²) in [6, 6.07) is 16.0. The molecule has 112 valence electrons. The summed E-state index contributed by atoms with van der Waals surface area (Å²) in [6.07, 6.45) is 0. The van der Waals surface area contributed by atoms with Crippen molar-refractivity contribution in [1.82, 2.24) is 20.2 Å². The lowest BCUT2D eigenvalue weighted by molar-refractivity contribution is 0.414. The molecule has 0 aliphatic heterocycles. The number of hydrogen-bond acceptors (Lipinski definition) is 5. The van der Waals surface area contributed by atoms with Crippen molar-refractivity contribution in [3.63, 3.8) is 0 Å². The van der Waals surface area contributed by atoms with Gasteiger partial charge in [-0.2, -0.15) is 4.68 Å². The minimum atomic E-state index is 0.718. The van der Waals surface area contributed by atoms with Crippen LogP contribution in [0.15, 0.2) is 48.5 Å². The number of ether oxygens (including phenoxy) is 1. The number of hydrogen-bond donors (Lipinski definition) is 1. The molecule has 0 spiro atoms. The summed E-state index contributed by atoms with van der Waals surface area (Å²) >= 11 is 0. The van der Waals surface area contributed by atoms with E-state index in [1.165, 1.54) is 0 Å². The molecular weight excluding hydrogens is 278 g/mol. The molecule has 3 aromatic rings. The predicted molar refractivity (Wildman–Crippen MR) is 84.2 cm³/mol. The predicted octanol–water partition coefficient (Wildman–Crippen LogP) is 2.59. The molecule has 0 amide bonds. The number of tetrazole rings is 1. The second-order valence-corrected chi connectivity index (χ2v) is 4.89. The van der Waals surface area contributed by atoms with Gasteiger partial charge in [-0.15, -0.1) is 5.10 Å². The van der Waals surface area contributed by atoms with Gasteiger partial charge in [-0.1, -0.05) is 18.2 Å². The summed E-state index contributed by atoms with van der Waals surface area (Å²) in [7, 11) is 1.67. The van der Waals surface area contributed by atoms with Crippen LogP contribution in [0.1, 0.15) is 11.4 Å². The monoisotopic (exact) mass is 295 g/mol. The molecule has 0 fully saturated rings. The lowest BCUT2D eigenvalue weighted by Crippen LogP contribution is -2.03. The summed E-state index contributed by atoms with van der Waals surface area (Å²) in [4.78, 5) is 0. The van der Waals surface area contributed by atoms with E-state index in [1.807, 2.05) is 49.4 Å². The molecule has 0 saturated heterocycles. The second-order valence-electron chi connectivity index (χ2n) is 4.89. The normalized spacial score (nSPS) is 10.5. The Labute approximate surface area is 128 Å². The molecule has 1 N–H and O–H groups in total. The van der Waals surface area contributed by atoms with E-state index in [0.29, 0.717) is 0 Å².